The molecule has 0 aromatic heterocycles. The van der Waals surface area contributed by atoms with Gasteiger partial charge in [0.25, 0.3) is 0 Å². The Balaban J connectivity index is 2.22. The standard InChI is InChI=1S/C18H21FN2O4S/c1-12(2)17(18(22)20-13-7-6-8-14(11-13)25-3)21-26(23,24)16-10-5-4-9-15(16)19/h4-12,17,21H,1-3H3,(H,20,22). The fourth-order valence-corrected chi connectivity index (χ4v) is 3.73. The molecule has 2 aromatic carbocycles. The quantitative estimate of drug-likeness (QED) is 0.774. The van der Waals surface area contributed by atoms with Crippen molar-refractivity contribution in [1.82, 2.24) is 4.72 Å². The Morgan fingerprint density at radius 1 is 1.12 bits per heavy atom. The van der Waals surface area contributed by atoms with E-state index in [4.69, 9.17) is 4.74 Å². The van der Waals surface area contributed by atoms with Crippen molar-refractivity contribution < 1.29 is 22.3 Å². The SMILES string of the molecule is COc1cccc(NC(=O)C(NS(=O)(=O)c2ccccc2F)C(C)C)c1. The summed E-state index contributed by atoms with van der Waals surface area (Å²) < 4.78 is 46.2. The van der Waals surface area contributed by atoms with Crippen LogP contribution in [0.2, 0.25) is 0 Å². The van der Waals surface area contributed by atoms with Gasteiger partial charge in [-0.15, -0.1) is 0 Å². The maximum atomic E-state index is 13.8. The summed E-state index contributed by atoms with van der Waals surface area (Å²) in [5, 5.41) is 2.65. The zero-order chi connectivity index (χ0) is 19.3. The van der Waals surface area contributed by atoms with E-state index in [0.29, 0.717) is 11.4 Å². The molecule has 0 bridgehead atoms. The molecule has 0 heterocycles. The molecule has 0 aliphatic rings. The van der Waals surface area contributed by atoms with E-state index in [1.54, 1.807) is 38.1 Å². The summed E-state index contributed by atoms with van der Waals surface area (Å²) in [6, 6.07) is 10.6. The lowest BCUT2D eigenvalue weighted by molar-refractivity contribution is -0.118. The van der Waals surface area contributed by atoms with E-state index < -0.39 is 32.7 Å². The summed E-state index contributed by atoms with van der Waals surface area (Å²) in [7, 11) is -2.70. The van der Waals surface area contributed by atoms with E-state index in [2.05, 4.69) is 10.0 Å². The molecular formula is C18H21FN2O4S. The first-order valence-electron chi connectivity index (χ1n) is 7.96. The predicted octanol–water partition coefficient (Wildman–Crippen LogP) is 2.78. The van der Waals surface area contributed by atoms with Crippen LogP contribution in [0.5, 0.6) is 5.75 Å². The lowest BCUT2D eigenvalue weighted by atomic mass is 10.0. The second-order valence-electron chi connectivity index (χ2n) is 5.99. The molecular weight excluding hydrogens is 359 g/mol. The molecule has 26 heavy (non-hydrogen) atoms. The van der Waals surface area contributed by atoms with Gasteiger partial charge in [-0.25, -0.2) is 12.8 Å². The zero-order valence-electron chi connectivity index (χ0n) is 14.7. The molecule has 0 saturated carbocycles. The number of methoxy groups -OCH3 is 1. The molecule has 0 aliphatic carbocycles. The number of halogens is 1. The summed E-state index contributed by atoms with van der Waals surface area (Å²) in [5.41, 5.74) is 0.463. The average Bonchev–Trinajstić information content (AvgIpc) is 2.59. The summed E-state index contributed by atoms with van der Waals surface area (Å²) in [6.07, 6.45) is 0. The van der Waals surface area contributed by atoms with Crippen LogP contribution in [-0.4, -0.2) is 27.5 Å². The van der Waals surface area contributed by atoms with Crippen LogP contribution in [0.15, 0.2) is 53.4 Å². The van der Waals surface area contributed by atoms with Gasteiger partial charge in [-0.3, -0.25) is 4.79 Å². The Bertz CT molecular complexity index is 884. The predicted molar refractivity (Wildman–Crippen MR) is 97.0 cm³/mol. The average molecular weight is 380 g/mol. The Kier molecular flexibility index (Phi) is 6.33. The van der Waals surface area contributed by atoms with Crippen molar-refractivity contribution in [2.24, 2.45) is 5.92 Å². The lowest BCUT2D eigenvalue weighted by Crippen LogP contribution is -2.47. The maximum absolute atomic E-state index is 13.8. The number of anilines is 1. The van der Waals surface area contributed by atoms with Crippen LogP contribution >= 0.6 is 0 Å². The maximum Gasteiger partial charge on any atom is 0.244 e. The monoisotopic (exact) mass is 380 g/mol. The molecule has 6 nitrogen and oxygen atoms in total. The molecule has 1 amide bonds. The third-order valence-corrected chi connectivity index (χ3v) is 5.17. The third-order valence-electron chi connectivity index (χ3n) is 3.69. The van der Waals surface area contributed by atoms with E-state index in [1.165, 1.54) is 19.2 Å². The Hall–Kier alpha value is -2.45. The van der Waals surface area contributed by atoms with Crippen LogP contribution in [0, 0.1) is 11.7 Å². The first-order chi connectivity index (χ1) is 12.2. The molecule has 8 heteroatoms. The molecule has 2 rings (SSSR count). The largest absolute Gasteiger partial charge is 0.497 e. The second-order valence-corrected chi connectivity index (χ2v) is 7.68. The Morgan fingerprint density at radius 2 is 1.81 bits per heavy atom. The zero-order valence-corrected chi connectivity index (χ0v) is 15.5. The van der Waals surface area contributed by atoms with E-state index >= 15 is 0 Å². The number of hydrogen-bond acceptors (Lipinski definition) is 4. The van der Waals surface area contributed by atoms with Gasteiger partial charge in [-0.1, -0.05) is 32.0 Å². The Morgan fingerprint density at radius 3 is 2.42 bits per heavy atom. The number of nitrogens with one attached hydrogen (secondary N) is 2. The molecule has 140 valence electrons. The van der Waals surface area contributed by atoms with Crippen LogP contribution in [0.3, 0.4) is 0 Å². The molecule has 0 aliphatic heterocycles. The van der Waals surface area contributed by atoms with Crippen molar-refractivity contribution in [3.63, 3.8) is 0 Å². The first kappa shape index (κ1) is 19.9. The number of benzene rings is 2. The molecule has 1 unspecified atom stereocenters. The fourth-order valence-electron chi connectivity index (χ4n) is 2.31. The summed E-state index contributed by atoms with van der Waals surface area (Å²) in [4.78, 5) is 12.1. The number of carbonyl (C=O) groups is 1. The van der Waals surface area contributed by atoms with Crippen LogP contribution in [-0.2, 0) is 14.8 Å². The van der Waals surface area contributed by atoms with Crippen LogP contribution in [0.4, 0.5) is 10.1 Å². The van der Waals surface area contributed by atoms with E-state index in [9.17, 15) is 17.6 Å². The molecule has 1 atom stereocenters. The van der Waals surface area contributed by atoms with E-state index in [1.807, 2.05) is 0 Å². The molecule has 0 saturated heterocycles. The first-order valence-corrected chi connectivity index (χ1v) is 9.44. The van der Waals surface area contributed by atoms with Crippen molar-refractivity contribution in [2.45, 2.75) is 24.8 Å². The van der Waals surface area contributed by atoms with Crippen molar-refractivity contribution in [3.05, 3.63) is 54.3 Å². The minimum atomic E-state index is -4.20. The normalized spacial score (nSPS) is 12.7. The Labute approximate surface area is 152 Å². The third kappa shape index (κ3) is 4.80. The van der Waals surface area contributed by atoms with Crippen LogP contribution in [0.25, 0.3) is 0 Å². The summed E-state index contributed by atoms with van der Waals surface area (Å²) in [5.74, 6) is -1.23. The number of carbonyl (C=O) groups excluding carboxylic acids is 1. The van der Waals surface area contributed by atoms with E-state index in [-0.39, 0.29) is 5.92 Å². The second kappa shape index (κ2) is 8.29. The topological polar surface area (TPSA) is 84.5 Å². The number of rotatable bonds is 7. The van der Waals surface area contributed by atoms with E-state index in [0.717, 1.165) is 12.1 Å². The summed E-state index contributed by atoms with van der Waals surface area (Å²) >= 11 is 0. The molecule has 0 fully saturated rings. The minimum absolute atomic E-state index is 0.359. The molecule has 2 N–H and O–H groups in total. The molecule has 2 aromatic rings. The highest BCUT2D eigenvalue weighted by molar-refractivity contribution is 7.89. The number of ether oxygens (including phenoxy) is 1. The number of hydrogen-bond donors (Lipinski definition) is 2. The highest BCUT2D eigenvalue weighted by Crippen LogP contribution is 2.19. The van der Waals surface area contributed by atoms with Gasteiger partial charge in [0, 0.05) is 11.8 Å². The van der Waals surface area contributed by atoms with Gasteiger partial charge < -0.3 is 10.1 Å². The molecule has 0 radical (unpaired) electrons. The van der Waals surface area contributed by atoms with Gasteiger partial charge >= 0.3 is 0 Å². The molecule has 0 spiro atoms. The highest BCUT2D eigenvalue weighted by atomic mass is 32.2. The highest BCUT2D eigenvalue weighted by Gasteiger charge is 2.29. The lowest BCUT2D eigenvalue weighted by Gasteiger charge is -2.22. The van der Waals surface area contributed by atoms with Gasteiger partial charge in [-0.2, -0.15) is 4.72 Å². The minimum Gasteiger partial charge on any atom is -0.497 e. The van der Waals surface area contributed by atoms with Gasteiger partial charge in [-0.05, 0) is 30.2 Å². The number of amides is 1. The van der Waals surface area contributed by atoms with Crippen molar-refractivity contribution in [3.8, 4) is 5.75 Å². The summed E-state index contributed by atoms with van der Waals surface area (Å²) in [6.45, 7) is 3.39. The number of sulfonamides is 1. The van der Waals surface area contributed by atoms with Crippen molar-refractivity contribution in [2.75, 3.05) is 12.4 Å². The van der Waals surface area contributed by atoms with Gasteiger partial charge in [0.2, 0.25) is 15.9 Å². The smallest absolute Gasteiger partial charge is 0.244 e. The van der Waals surface area contributed by atoms with Crippen molar-refractivity contribution in [1.29, 1.82) is 0 Å². The van der Waals surface area contributed by atoms with Crippen molar-refractivity contribution >= 4 is 21.6 Å². The van der Waals surface area contributed by atoms with Gasteiger partial charge in [0.05, 0.1) is 7.11 Å². The van der Waals surface area contributed by atoms with Gasteiger partial charge in [0.1, 0.15) is 22.5 Å². The fraction of sp³-hybridized carbons (Fsp3) is 0.278. The van der Waals surface area contributed by atoms with Crippen LogP contribution < -0.4 is 14.8 Å². The van der Waals surface area contributed by atoms with Gasteiger partial charge in [0.15, 0.2) is 0 Å². The van der Waals surface area contributed by atoms with Crippen LogP contribution in [0.1, 0.15) is 13.8 Å².